The van der Waals surface area contributed by atoms with Gasteiger partial charge in [0.05, 0.1) is 18.4 Å². The molecule has 0 aliphatic rings. The van der Waals surface area contributed by atoms with Crippen LogP contribution in [0.25, 0.3) is 39.5 Å². The summed E-state index contributed by atoms with van der Waals surface area (Å²) >= 11 is 0. The van der Waals surface area contributed by atoms with E-state index in [2.05, 4.69) is 20.1 Å². The fourth-order valence-electron chi connectivity index (χ4n) is 3.59. The van der Waals surface area contributed by atoms with Gasteiger partial charge in [0, 0.05) is 11.9 Å². The van der Waals surface area contributed by atoms with Gasteiger partial charge in [-0.1, -0.05) is 12.1 Å². The second kappa shape index (κ2) is 6.94. The number of nitrogens with one attached hydrogen (secondary N) is 1. The highest BCUT2D eigenvalue weighted by Gasteiger charge is 2.40. The number of pyridine rings is 1. The first-order valence-electron chi connectivity index (χ1n) is 9.37. The SMILES string of the molecule is COc1cccc2oc(-c3c(C)[nH]c4c(-c5ccccn5)c(C(F)(F)F)nn4c3=O)nc12. The average molecular weight is 441 g/mol. The van der Waals surface area contributed by atoms with E-state index in [-0.39, 0.29) is 34.1 Å². The van der Waals surface area contributed by atoms with Crippen LogP contribution in [0.3, 0.4) is 0 Å². The van der Waals surface area contributed by atoms with Crippen molar-refractivity contribution in [3.05, 3.63) is 64.3 Å². The Morgan fingerprint density at radius 3 is 2.62 bits per heavy atom. The fraction of sp³-hybridized carbons (Fsp3) is 0.143. The predicted octanol–water partition coefficient (Wildman–Crippen LogP) is 4.23. The topological polar surface area (TPSA) is 98.3 Å². The lowest BCUT2D eigenvalue weighted by atomic mass is 10.1. The third kappa shape index (κ3) is 2.93. The largest absolute Gasteiger partial charge is 0.494 e. The summed E-state index contributed by atoms with van der Waals surface area (Å²) in [6.07, 6.45) is -3.44. The standard InChI is InChI=1S/C21H14F3N5O3/c1-10-14(19-27-16-12(31-2)7-5-8-13(16)32-19)20(30)29-18(26-10)15(11-6-3-4-9-25-11)17(28-29)21(22,23)24/h3-9,26H,1-2H3. The fourth-order valence-corrected chi connectivity index (χ4v) is 3.59. The van der Waals surface area contributed by atoms with Crippen molar-refractivity contribution < 1.29 is 22.3 Å². The minimum absolute atomic E-state index is 0.0317. The van der Waals surface area contributed by atoms with Gasteiger partial charge < -0.3 is 14.1 Å². The van der Waals surface area contributed by atoms with Gasteiger partial charge in [-0.05, 0) is 31.2 Å². The zero-order valence-electron chi connectivity index (χ0n) is 16.7. The van der Waals surface area contributed by atoms with Crippen molar-refractivity contribution in [2.24, 2.45) is 0 Å². The quantitative estimate of drug-likeness (QED) is 0.450. The van der Waals surface area contributed by atoms with E-state index in [0.29, 0.717) is 21.4 Å². The summed E-state index contributed by atoms with van der Waals surface area (Å²) in [7, 11) is 1.47. The Balaban J connectivity index is 1.82. The third-order valence-corrected chi connectivity index (χ3v) is 4.98. The van der Waals surface area contributed by atoms with Crippen LogP contribution in [0.15, 0.2) is 51.8 Å². The summed E-state index contributed by atoms with van der Waals surface area (Å²) < 4.78 is 53.0. The molecule has 0 amide bonds. The molecule has 0 bridgehead atoms. The molecule has 0 aliphatic carbocycles. The molecule has 1 aromatic carbocycles. The first kappa shape index (κ1) is 19.8. The molecule has 11 heteroatoms. The number of halogens is 3. The molecule has 32 heavy (non-hydrogen) atoms. The molecule has 8 nitrogen and oxygen atoms in total. The number of nitrogens with zero attached hydrogens (tertiary/aromatic N) is 4. The molecule has 0 atom stereocenters. The average Bonchev–Trinajstić information content (AvgIpc) is 3.36. The molecule has 0 saturated heterocycles. The summed E-state index contributed by atoms with van der Waals surface area (Å²) in [5.74, 6) is 0.372. The van der Waals surface area contributed by atoms with Crippen molar-refractivity contribution in [3.63, 3.8) is 0 Å². The Bertz CT molecular complexity index is 1530. The Hall–Kier alpha value is -4.15. The number of aromatic nitrogens is 5. The van der Waals surface area contributed by atoms with Crippen molar-refractivity contribution in [1.82, 2.24) is 24.6 Å². The van der Waals surface area contributed by atoms with Gasteiger partial charge in [-0.3, -0.25) is 9.78 Å². The number of para-hydroxylation sites is 1. The van der Waals surface area contributed by atoms with Crippen LogP contribution in [0, 0.1) is 6.92 Å². The number of H-pyrrole nitrogens is 1. The summed E-state index contributed by atoms with van der Waals surface area (Å²) in [6, 6.07) is 9.56. The number of methoxy groups -OCH3 is 1. The second-order valence-corrected chi connectivity index (χ2v) is 6.95. The molecule has 0 aliphatic heterocycles. The van der Waals surface area contributed by atoms with Crippen molar-refractivity contribution in [3.8, 4) is 28.5 Å². The van der Waals surface area contributed by atoms with Crippen LogP contribution >= 0.6 is 0 Å². The lowest BCUT2D eigenvalue weighted by Crippen LogP contribution is -2.20. The Morgan fingerprint density at radius 1 is 1.12 bits per heavy atom. The van der Waals surface area contributed by atoms with Gasteiger partial charge in [-0.2, -0.15) is 22.8 Å². The zero-order chi connectivity index (χ0) is 22.6. The van der Waals surface area contributed by atoms with Gasteiger partial charge in [-0.25, -0.2) is 4.98 Å². The monoisotopic (exact) mass is 441 g/mol. The first-order valence-corrected chi connectivity index (χ1v) is 9.37. The van der Waals surface area contributed by atoms with Crippen LogP contribution in [-0.4, -0.2) is 31.7 Å². The maximum Gasteiger partial charge on any atom is 0.435 e. The Kier molecular flexibility index (Phi) is 4.29. The molecule has 0 saturated carbocycles. The number of aryl methyl sites for hydroxylation is 1. The molecule has 0 radical (unpaired) electrons. The smallest absolute Gasteiger partial charge is 0.435 e. The molecule has 0 fully saturated rings. The number of fused-ring (bicyclic) bond motifs is 2. The normalized spacial score (nSPS) is 12.0. The number of aromatic amines is 1. The summed E-state index contributed by atoms with van der Waals surface area (Å²) in [4.78, 5) is 24.5. The Morgan fingerprint density at radius 2 is 1.94 bits per heavy atom. The third-order valence-electron chi connectivity index (χ3n) is 4.98. The van der Waals surface area contributed by atoms with Crippen molar-refractivity contribution in [2.75, 3.05) is 7.11 Å². The maximum atomic E-state index is 13.8. The van der Waals surface area contributed by atoms with E-state index in [9.17, 15) is 18.0 Å². The number of benzene rings is 1. The van der Waals surface area contributed by atoms with E-state index in [1.54, 1.807) is 37.3 Å². The van der Waals surface area contributed by atoms with Gasteiger partial charge in [0.15, 0.2) is 16.8 Å². The van der Waals surface area contributed by atoms with Crippen molar-refractivity contribution >= 4 is 16.7 Å². The van der Waals surface area contributed by atoms with Crippen LogP contribution in [-0.2, 0) is 6.18 Å². The van der Waals surface area contributed by atoms with Crippen LogP contribution in [0.5, 0.6) is 5.75 Å². The first-order chi connectivity index (χ1) is 15.3. The lowest BCUT2D eigenvalue weighted by molar-refractivity contribution is -0.140. The van der Waals surface area contributed by atoms with Gasteiger partial charge in [0.25, 0.3) is 5.56 Å². The molecular formula is C21H14F3N5O3. The van der Waals surface area contributed by atoms with E-state index in [1.165, 1.54) is 19.4 Å². The number of hydrogen-bond donors (Lipinski definition) is 1. The number of ether oxygens (including phenoxy) is 1. The molecule has 1 N–H and O–H groups in total. The van der Waals surface area contributed by atoms with E-state index >= 15 is 0 Å². The summed E-state index contributed by atoms with van der Waals surface area (Å²) in [6.45, 7) is 1.55. The molecule has 5 rings (SSSR count). The summed E-state index contributed by atoms with van der Waals surface area (Å²) in [5, 5.41) is 3.59. The van der Waals surface area contributed by atoms with Gasteiger partial charge in [-0.15, -0.1) is 0 Å². The number of hydrogen-bond acceptors (Lipinski definition) is 6. The number of rotatable bonds is 3. The Labute approximate surface area is 177 Å². The van der Waals surface area contributed by atoms with E-state index in [1.807, 2.05) is 0 Å². The highest BCUT2D eigenvalue weighted by Crippen LogP contribution is 2.38. The van der Waals surface area contributed by atoms with E-state index in [0.717, 1.165) is 0 Å². The van der Waals surface area contributed by atoms with Gasteiger partial charge in [0.2, 0.25) is 5.89 Å². The zero-order valence-corrected chi connectivity index (χ0v) is 16.7. The minimum Gasteiger partial charge on any atom is -0.494 e. The van der Waals surface area contributed by atoms with Gasteiger partial charge in [0.1, 0.15) is 17.0 Å². The maximum absolute atomic E-state index is 13.8. The molecule has 5 aromatic rings. The van der Waals surface area contributed by atoms with Crippen LogP contribution in [0.4, 0.5) is 13.2 Å². The van der Waals surface area contributed by atoms with Crippen LogP contribution in [0.2, 0.25) is 0 Å². The van der Waals surface area contributed by atoms with Crippen LogP contribution < -0.4 is 10.3 Å². The lowest BCUT2D eigenvalue weighted by Gasteiger charge is -2.06. The van der Waals surface area contributed by atoms with Crippen LogP contribution in [0.1, 0.15) is 11.4 Å². The number of oxazole rings is 1. The number of alkyl halides is 3. The van der Waals surface area contributed by atoms with E-state index < -0.39 is 17.4 Å². The predicted molar refractivity (Wildman–Crippen MR) is 108 cm³/mol. The minimum atomic E-state index is -4.81. The van der Waals surface area contributed by atoms with Gasteiger partial charge >= 0.3 is 6.18 Å². The van der Waals surface area contributed by atoms with Crippen molar-refractivity contribution in [1.29, 1.82) is 0 Å². The molecular weight excluding hydrogens is 427 g/mol. The molecule has 162 valence electrons. The van der Waals surface area contributed by atoms with E-state index in [4.69, 9.17) is 9.15 Å². The highest BCUT2D eigenvalue weighted by atomic mass is 19.4. The molecule has 0 unspecified atom stereocenters. The summed E-state index contributed by atoms with van der Waals surface area (Å²) in [5.41, 5.74) is -1.48. The van der Waals surface area contributed by atoms with Crippen molar-refractivity contribution in [2.45, 2.75) is 13.1 Å². The highest BCUT2D eigenvalue weighted by molar-refractivity contribution is 5.83. The molecule has 4 heterocycles. The molecule has 4 aromatic heterocycles. The second-order valence-electron chi connectivity index (χ2n) is 6.95. The molecule has 0 spiro atoms.